The van der Waals surface area contributed by atoms with E-state index in [4.69, 9.17) is 4.74 Å². The van der Waals surface area contributed by atoms with Crippen molar-refractivity contribution in [2.45, 2.75) is 31.4 Å². The second-order valence-corrected chi connectivity index (χ2v) is 8.25. The first kappa shape index (κ1) is 16.2. The third-order valence-corrected chi connectivity index (χ3v) is 5.88. The lowest BCUT2D eigenvalue weighted by molar-refractivity contribution is 0.0854. The lowest BCUT2D eigenvalue weighted by Gasteiger charge is -2.13. The second kappa shape index (κ2) is 6.84. The number of carbonyl (C=O) groups excluding carboxylic acids is 1. The number of hydrogen-bond acceptors (Lipinski definition) is 6. The number of nitrogens with one attached hydrogen (secondary N) is 2. The number of anilines is 1. The van der Waals surface area contributed by atoms with Crippen LogP contribution in [0.25, 0.3) is 0 Å². The summed E-state index contributed by atoms with van der Waals surface area (Å²) in [6.07, 6.45) is 4.28. The predicted octanol–water partition coefficient (Wildman–Crippen LogP) is 0.589. The summed E-state index contributed by atoms with van der Waals surface area (Å²) in [6, 6.07) is 3.30. The van der Waals surface area contributed by atoms with Gasteiger partial charge in [0.15, 0.2) is 9.84 Å². The highest BCUT2D eigenvalue weighted by atomic mass is 32.2. The van der Waals surface area contributed by atoms with Crippen molar-refractivity contribution in [2.75, 3.05) is 30.0 Å². The quantitative estimate of drug-likeness (QED) is 0.815. The molecule has 3 heterocycles. The first-order chi connectivity index (χ1) is 11.0. The van der Waals surface area contributed by atoms with E-state index < -0.39 is 9.84 Å². The third-order valence-electron chi connectivity index (χ3n) is 4.11. The highest BCUT2D eigenvalue weighted by Gasteiger charge is 2.27. The van der Waals surface area contributed by atoms with Gasteiger partial charge in [0, 0.05) is 19.2 Å². The van der Waals surface area contributed by atoms with Crippen molar-refractivity contribution in [1.82, 2.24) is 10.3 Å². The minimum Gasteiger partial charge on any atom is -0.380 e. The van der Waals surface area contributed by atoms with E-state index in [1.165, 1.54) is 0 Å². The third kappa shape index (κ3) is 4.42. The van der Waals surface area contributed by atoms with Gasteiger partial charge in [-0.3, -0.25) is 4.79 Å². The number of rotatable bonds is 5. The van der Waals surface area contributed by atoms with E-state index in [-0.39, 0.29) is 29.6 Å². The van der Waals surface area contributed by atoms with Crippen LogP contribution >= 0.6 is 0 Å². The molecule has 0 aromatic carbocycles. The summed E-state index contributed by atoms with van der Waals surface area (Å²) in [7, 11) is -2.91. The highest BCUT2D eigenvalue weighted by molar-refractivity contribution is 7.91. The van der Waals surface area contributed by atoms with Crippen LogP contribution in [-0.2, 0) is 14.6 Å². The van der Waals surface area contributed by atoms with Crippen LogP contribution in [0, 0.1) is 0 Å². The number of nitrogens with zero attached hydrogens (tertiary/aromatic N) is 1. The van der Waals surface area contributed by atoms with Crippen molar-refractivity contribution in [3.05, 3.63) is 24.0 Å². The molecular formula is C15H21N3O4S. The van der Waals surface area contributed by atoms with Gasteiger partial charge in [-0.15, -0.1) is 0 Å². The summed E-state index contributed by atoms with van der Waals surface area (Å²) in [5.74, 6) is 0.147. The number of aromatic nitrogens is 1. The maximum atomic E-state index is 12.0. The Morgan fingerprint density at radius 3 is 2.83 bits per heavy atom. The van der Waals surface area contributed by atoms with Crippen LogP contribution in [0.15, 0.2) is 18.3 Å². The van der Waals surface area contributed by atoms with Gasteiger partial charge in [0.2, 0.25) is 0 Å². The van der Waals surface area contributed by atoms with Crippen LogP contribution in [0.2, 0.25) is 0 Å². The van der Waals surface area contributed by atoms with Gasteiger partial charge in [0.1, 0.15) is 5.69 Å². The molecule has 8 heteroatoms. The minimum absolute atomic E-state index is 0.0824. The molecule has 2 fully saturated rings. The molecule has 1 aromatic heterocycles. The lowest BCUT2D eigenvalue weighted by atomic mass is 10.2. The molecule has 0 bridgehead atoms. The molecule has 2 unspecified atom stereocenters. The molecule has 1 aromatic rings. The molecule has 2 aliphatic rings. The standard InChI is InChI=1S/C15H21N3O4S/c19-15(17-9-13-2-1-6-22-13)14-4-3-11(8-16-14)18-12-5-7-23(20,21)10-12/h3-4,8,12-13,18H,1-2,5-7,9-10H2,(H,17,19). The second-order valence-electron chi connectivity index (χ2n) is 6.02. The zero-order chi connectivity index (χ0) is 16.3. The Hall–Kier alpha value is -1.67. The Morgan fingerprint density at radius 1 is 1.35 bits per heavy atom. The van der Waals surface area contributed by atoms with Gasteiger partial charge in [0.25, 0.3) is 5.91 Å². The summed E-state index contributed by atoms with van der Waals surface area (Å²) in [4.78, 5) is 16.2. The van der Waals surface area contributed by atoms with Crippen molar-refractivity contribution >= 4 is 21.4 Å². The fraction of sp³-hybridized carbons (Fsp3) is 0.600. The monoisotopic (exact) mass is 339 g/mol. The fourth-order valence-electron chi connectivity index (χ4n) is 2.86. The Bertz CT molecular complexity index is 654. The van der Waals surface area contributed by atoms with E-state index in [1.54, 1.807) is 18.3 Å². The Balaban J connectivity index is 1.51. The van der Waals surface area contributed by atoms with Crippen molar-refractivity contribution in [3.63, 3.8) is 0 Å². The summed E-state index contributed by atoms with van der Waals surface area (Å²) < 4.78 is 28.3. The highest BCUT2D eigenvalue weighted by Crippen LogP contribution is 2.17. The van der Waals surface area contributed by atoms with Gasteiger partial charge in [-0.25, -0.2) is 13.4 Å². The smallest absolute Gasteiger partial charge is 0.269 e. The van der Waals surface area contributed by atoms with Crippen molar-refractivity contribution in [3.8, 4) is 0 Å². The Labute approximate surface area is 135 Å². The van der Waals surface area contributed by atoms with Gasteiger partial charge in [-0.1, -0.05) is 0 Å². The molecule has 0 spiro atoms. The predicted molar refractivity (Wildman–Crippen MR) is 86.2 cm³/mol. The molecule has 126 valence electrons. The zero-order valence-electron chi connectivity index (χ0n) is 12.8. The molecule has 0 aliphatic carbocycles. The first-order valence-corrected chi connectivity index (χ1v) is 9.67. The van der Waals surface area contributed by atoms with Gasteiger partial charge in [-0.2, -0.15) is 0 Å². The maximum Gasteiger partial charge on any atom is 0.269 e. The number of pyridine rings is 1. The molecule has 0 radical (unpaired) electrons. The van der Waals surface area contributed by atoms with Crippen LogP contribution < -0.4 is 10.6 Å². The number of sulfone groups is 1. The normalized spacial score (nSPS) is 26.1. The van der Waals surface area contributed by atoms with Crippen molar-refractivity contribution in [2.24, 2.45) is 0 Å². The van der Waals surface area contributed by atoms with Crippen LogP contribution in [0.3, 0.4) is 0 Å². The number of carbonyl (C=O) groups is 1. The first-order valence-electron chi connectivity index (χ1n) is 7.85. The zero-order valence-corrected chi connectivity index (χ0v) is 13.6. The Morgan fingerprint density at radius 2 is 2.22 bits per heavy atom. The molecule has 7 nitrogen and oxygen atoms in total. The van der Waals surface area contributed by atoms with Crippen LogP contribution in [-0.4, -0.2) is 56.1 Å². The topological polar surface area (TPSA) is 97.4 Å². The largest absolute Gasteiger partial charge is 0.380 e. The van der Waals surface area contributed by atoms with Gasteiger partial charge < -0.3 is 15.4 Å². The molecule has 2 saturated heterocycles. The van der Waals surface area contributed by atoms with Crippen LogP contribution in [0.4, 0.5) is 5.69 Å². The van der Waals surface area contributed by atoms with Crippen molar-refractivity contribution < 1.29 is 17.9 Å². The molecule has 2 aliphatic heterocycles. The number of amides is 1. The average molecular weight is 339 g/mol. The lowest BCUT2D eigenvalue weighted by Crippen LogP contribution is -2.32. The SMILES string of the molecule is O=C(NCC1CCCO1)c1ccc(NC2CCS(=O)(=O)C2)cn1. The maximum absolute atomic E-state index is 12.0. The Kier molecular flexibility index (Phi) is 4.82. The molecule has 2 N–H and O–H groups in total. The van der Waals surface area contributed by atoms with E-state index in [2.05, 4.69) is 15.6 Å². The van der Waals surface area contributed by atoms with Crippen LogP contribution in [0.5, 0.6) is 0 Å². The average Bonchev–Trinajstić information content (AvgIpc) is 3.15. The van der Waals surface area contributed by atoms with Crippen molar-refractivity contribution in [1.29, 1.82) is 0 Å². The van der Waals surface area contributed by atoms with E-state index in [1.807, 2.05) is 0 Å². The summed E-state index contributed by atoms with van der Waals surface area (Å²) >= 11 is 0. The van der Waals surface area contributed by atoms with Gasteiger partial charge >= 0.3 is 0 Å². The molecule has 2 atom stereocenters. The minimum atomic E-state index is -2.91. The van der Waals surface area contributed by atoms with E-state index in [0.717, 1.165) is 25.1 Å². The summed E-state index contributed by atoms with van der Waals surface area (Å²) in [6.45, 7) is 1.26. The summed E-state index contributed by atoms with van der Waals surface area (Å²) in [5, 5.41) is 5.96. The fourth-order valence-corrected chi connectivity index (χ4v) is 4.53. The van der Waals surface area contributed by atoms with Gasteiger partial charge in [0.05, 0.1) is 29.5 Å². The molecular weight excluding hydrogens is 318 g/mol. The van der Waals surface area contributed by atoms with E-state index >= 15 is 0 Å². The number of ether oxygens (including phenoxy) is 1. The molecule has 3 rings (SSSR count). The van der Waals surface area contributed by atoms with Crippen LogP contribution in [0.1, 0.15) is 29.8 Å². The van der Waals surface area contributed by atoms with E-state index in [9.17, 15) is 13.2 Å². The molecule has 23 heavy (non-hydrogen) atoms. The summed E-state index contributed by atoms with van der Waals surface area (Å²) in [5.41, 5.74) is 1.07. The molecule has 1 amide bonds. The molecule has 0 saturated carbocycles. The number of hydrogen-bond donors (Lipinski definition) is 2. The van der Waals surface area contributed by atoms with E-state index in [0.29, 0.717) is 18.7 Å². The van der Waals surface area contributed by atoms with Gasteiger partial charge in [-0.05, 0) is 31.4 Å².